The van der Waals surface area contributed by atoms with Gasteiger partial charge in [-0.05, 0) is 31.9 Å². The number of fused-ring (bicyclic) bond motifs is 1. The fourth-order valence-electron chi connectivity index (χ4n) is 4.17. The lowest BCUT2D eigenvalue weighted by Gasteiger charge is -2.24. The van der Waals surface area contributed by atoms with E-state index in [9.17, 15) is 19.2 Å². The largest absolute Gasteiger partial charge is 0.454 e. The Bertz CT molecular complexity index is 839. The summed E-state index contributed by atoms with van der Waals surface area (Å²) in [6.45, 7) is 1.08. The van der Waals surface area contributed by atoms with Crippen LogP contribution in [0.5, 0.6) is 0 Å². The van der Waals surface area contributed by atoms with Crippen LogP contribution in [-0.4, -0.2) is 47.8 Å². The summed E-state index contributed by atoms with van der Waals surface area (Å²) in [5.74, 6) is -2.60. The smallest absolute Gasteiger partial charge is 0.329 e. The highest BCUT2D eigenvalue weighted by Crippen LogP contribution is 2.38. The van der Waals surface area contributed by atoms with Gasteiger partial charge in [-0.1, -0.05) is 31.0 Å². The standard InChI is InChI=1S/C22H25N3O5/c1-15(25-20(27)17-10-5-6-11-18(17)21(25)28)22(29)30-14-19(26)24(13-7-12-23)16-8-3-2-4-9-16/h2-4,8-9,15,17-18H,5-7,10-11,13-14H2,1H3/t15-,17?,18?/m0/s1. The van der Waals surface area contributed by atoms with Crippen molar-refractivity contribution >= 4 is 29.4 Å². The van der Waals surface area contributed by atoms with E-state index in [1.54, 1.807) is 30.3 Å². The molecule has 0 radical (unpaired) electrons. The number of rotatable bonds is 7. The molecule has 3 atom stereocenters. The van der Waals surface area contributed by atoms with E-state index in [0.717, 1.165) is 17.7 Å². The molecule has 1 aromatic rings. The first-order valence-corrected chi connectivity index (χ1v) is 10.2. The summed E-state index contributed by atoms with van der Waals surface area (Å²) < 4.78 is 5.15. The normalized spacial score (nSPS) is 21.5. The maximum Gasteiger partial charge on any atom is 0.329 e. The van der Waals surface area contributed by atoms with E-state index < -0.39 is 24.5 Å². The molecule has 8 heteroatoms. The number of para-hydroxylation sites is 1. The highest BCUT2D eigenvalue weighted by molar-refractivity contribution is 6.08. The summed E-state index contributed by atoms with van der Waals surface area (Å²) in [7, 11) is 0. The van der Waals surface area contributed by atoms with Crippen molar-refractivity contribution in [1.82, 2.24) is 4.90 Å². The summed E-state index contributed by atoms with van der Waals surface area (Å²) in [6, 6.07) is 9.70. The highest BCUT2D eigenvalue weighted by atomic mass is 16.5. The molecule has 0 spiro atoms. The molecule has 0 N–H and O–H groups in total. The predicted molar refractivity (Wildman–Crippen MR) is 107 cm³/mol. The number of anilines is 1. The molecule has 2 unspecified atom stereocenters. The highest BCUT2D eigenvalue weighted by Gasteiger charge is 2.51. The number of carbonyl (C=O) groups excluding carboxylic acids is 4. The number of nitriles is 1. The lowest BCUT2D eigenvalue weighted by molar-refractivity contribution is -0.159. The molecule has 1 saturated heterocycles. The number of carbonyl (C=O) groups is 4. The number of hydrogen-bond acceptors (Lipinski definition) is 6. The average Bonchev–Trinajstić information content (AvgIpc) is 3.03. The molecule has 1 heterocycles. The summed E-state index contributed by atoms with van der Waals surface area (Å²) in [6.07, 6.45) is 3.26. The van der Waals surface area contributed by atoms with Crippen LogP contribution in [0.4, 0.5) is 5.69 Å². The molecular weight excluding hydrogens is 386 g/mol. The van der Waals surface area contributed by atoms with E-state index in [1.807, 2.05) is 6.07 Å². The SMILES string of the molecule is C[C@@H](C(=O)OCC(=O)N(CCC#N)c1ccccc1)N1C(=O)C2CCCCC2C1=O. The first-order chi connectivity index (χ1) is 14.5. The Balaban J connectivity index is 1.62. The molecule has 1 aliphatic carbocycles. The van der Waals surface area contributed by atoms with Gasteiger partial charge in [0, 0.05) is 12.2 Å². The predicted octanol–water partition coefficient (Wildman–Crippen LogP) is 2.04. The molecule has 2 aliphatic rings. The van der Waals surface area contributed by atoms with Gasteiger partial charge in [0.05, 0.1) is 24.3 Å². The van der Waals surface area contributed by atoms with Crippen LogP contribution in [0.3, 0.4) is 0 Å². The van der Waals surface area contributed by atoms with Gasteiger partial charge < -0.3 is 9.64 Å². The third kappa shape index (κ3) is 4.35. The minimum absolute atomic E-state index is 0.130. The fraction of sp³-hybridized carbons (Fsp3) is 0.500. The molecule has 8 nitrogen and oxygen atoms in total. The van der Waals surface area contributed by atoms with Gasteiger partial charge in [0.15, 0.2) is 6.61 Å². The summed E-state index contributed by atoms with van der Waals surface area (Å²) in [5.41, 5.74) is 0.593. The van der Waals surface area contributed by atoms with Crippen LogP contribution in [0.1, 0.15) is 39.0 Å². The van der Waals surface area contributed by atoms with Crippen LogP contribution in [0.2, 0.25) is 0 Å². The Kier molecular flexibility index (Phi) is 6.83. The maximum atomic E-state index is 12.6. The molecule has 0 aromatic heterocycles. The zero-order valence-electron chi connectivity index (χ0n) is 17.0. The van der Waals surface area contributed by atoms with E-state index in [-0.39, 0.29) is 36.6 Å². The third-order valence-corrected chi connectivity index (χ3v) is 5.76. The third-order valence-electron chi connectivity index (χ3n) is 5.76. The first kappa shape index (κ1) is 21.5. The second-order valence-electron chi connectivity index (χ2n) is 7.62. The van der Waals surface area contributed by atoms with Gasteiger partial charge in [0.1, 0.15) is 6.04 Å². The zero-order chi connectivity index (χ0) is 21.7. The van der Waals surface area contributed by atoms with Crippen LogP contribution in [-0.2, 0) is 23.9 Å². The summed E-state index contributed by atoms with van der Waals surface area (Å²) in [5, 5.41) is 8.85. The van der Waals surface area contributed by atoms with Crippen molar-refractivity contribution in [2.45, 2.75) is 45.1 Å². The van der Waals surface area contributed by atoms with Crippen molar-refractivity contribution in [1.29, 1.82) is 5.26 Å². The van der Waals surface area contributed by atoms with Gasteiger partial charge in [-0.3, -0.25) is 19.3 Å². The monoisotopic (exact) mass is 411 g/mol. The molecule has 30 heavy (non-hydrogen) atoms. The molecule has 3 rings (SSSR count). The van der Waals surface area contributed by atoms with Crippen LogP contribution >= 0.6 is 0 Å². The molecule has 0 bridgehead atoms. The Morgan fingerprint density at radius 3 is 2.33 bits per heavy atom. The van der Waals surface area contributed by atoms with E-state index >= 15 is 0 Å². The number of hydrogen-bond donors (Lipinski definition) is 0. The summed E-state index contributed by atoms with van der Waals surface area (Å²) in [4.78, 5) is 52.8. The quantitative estimate of drug-likeness (QED) is 0.502. The number of likely N-dealkylation sites (tertiary alicyclic amines) is 1. The number of nitrogens with zero attached hydrogens (tertiary/aromatic N) is 3. The lowest BCUT2D eigenvalue weighted by atomic mass is 9.81. The van der Waals surface area contributed by atoms with Gasteiger partial charge in [-0.2, -0.15) is 5.26 Å². The molecule has 1 saturated carbocycles. The molecule has 2 fully saturated rings. The molecular formula is C22H25N3O5. The van der Waals surface area contributed by atoms with E-state index in [2.05, 4.69) is 0 Å². The minimum atomic E-state index is -1.08. The maximum absolute atomic E-state index is 12.6. The van der Waals surface area contributed by atoms with Crippen molar-refractivity contribution in [3.63, 3.8) is 0 Å². The van der Waals surface area contributed by atoms with Gasteiger partial charge in [0.25, 0.3) is 5.91 Å². The Morgan fingerprint density at radius 2 is 1.77 bits per heavy atom. The average molecular weight is 411 g/mol. The van der Waals surface area contributed by atoms with Crippen molar-refractivity contribution in [3.05, 3.63) is 30.3 Å². The number of amides is 3. The van der Waals surface area contributed by atoms with Gasteiger partial charge in [0.2, 0.25) is 11.8 Å². The molecule has 1 aliphatic heterocycles. The van der Waals surface area contributed by atoms with Crippen molar-refractivity contribution in [3.8, 4) is 6.07 Å². The number of imide groups is 1. The van der Waals surface area contributed by atoms with Gasteiger partial charge in [-0.15, -0.1) is 0 Å². The number of esters is 1. The lowest BCUT2D eigenvalue weighted by Crippen LogP contribution is -2.45. The zero-order valence-corrected chi connectivity index (χ0v) is 17.0. The fourth-order valence-corrected chi connectivity index (χ4v) is 4.17. The second kappa shape index (κ2) is 9.53. The second-order valence-corrected chi connectivity index (χ2v) is 7.62. The Hall–Kier alpha value is -3.21. The molecule has 3 amide bonds. The van der Waals surface area contributed by atoms with Gasteiger partial charge >= 0.3 is 5.97 Å². The first-order valence-electron chi connectivity index (χ1n) is 10.2. The van der Waals surface area contributed by atoms with E-state index in [1.165, 1.54) is 11.8 Å². The van der Waals surface area contributed by atoms with Crippen LogP contribution < -0.4 is 4.90 Å². The Labute approximate surface area is 175 Å². The number of benzene rings is 1. The van der Waals surface area contributed by atoms with Crippen molar-refractivity contribution in [2.75, 3.05) is 18.1 Å². The molecule has 158 valence electrons. The van der Waals surface area contributed by atoms with Crippen LogP contribution in [0.15, 0.2) is 30.3 Å². The van der Waals surface area contributed by atoms with Crippen molar-refractivity contribution < 1.29 is 23.9 Å². The summed E-state index contributed by atoms with van der Waals surface area (Å²) >= 11 is 0. The number of ether oxygens (including phenoxy) is 1. The minimum Gasteiger partial charge on any atom is -0.454 e. The van der Waals surface area contributed by atoms with Crippen LogP contribution in [0, 0.1) is 23.2 Å². The van der Waals surface area contributed by atoms with E-state index in [4.69, 9.17) is 10.00 Å². The van der Waals surface area contributed by atoms with Crippen molar-refractivity contribution in [2.24, 2.45) is 11.8 Å². The Morgan fingerprint density at radius 1 is 1.17 bits per heavy atom. The molecule has 1 aromatic carbocycles. The van der Waals surface area contributed by atoms with Crippen LogP contribution in [0.25, 0.3) is 0 Å². The van der Waals surface area contributed by atoms with E-state index in [0.29, 0.717) is 18.5 Å². The van der Waals surface area contributed by atoms with Gasteiger partial charge in [-0.25, -0.2) is 4.79 Å². The topological polar surface area (TPSA) is 108 Å².